The number of rotatable bonds is 3. The average molecular weight is 375 g/mol. The van der Waals surface area contributed by atoms with Crippen LogP contribution in [0.3, 0.4) is 0 Å². The summed E-state index contributed by atoms with van der Waals surface area (Å²) in [7, 11) is -3.52. The summed E-state index contributed by atoms with van der Waals surface area (Å²) in [6.45, 7) is 6.20. The first-order valence-corrected chi connectivity index (χ1v) is 9.55. The summed E-state index contributed by atoms with van der Waals surface area (Å²) in [5.41, 5.74) is 7.43. The molecule has 1 aliphatic rings. The molecule has 4 nitrogen and oxygen atoms in total. The highest BCUT2D eigenvalue weighted by atomic mass is 79.9. The van der Waals surface area contributed by atoms with Gasteiger partial charge >= 0.3 is 0 Å². The Morgan fingerprint density at radius 3 is 2.38 bits per heavy atom. The van der Waals surface area contributed by atoms with Gasteiger partial charge in [-0.3, -0.25) is 0 Å². The lowest BCUT2D eigenvalue weighted by Gasteiger charge is -2.38. The molecule has 1 fully saturated rings. The van der Waals surface area contributed by atoms with Crippen LogP contribution in [0.1, 0.15) is 44.2 Å². The maximum atomic E-state index is 13.1. The van der Waals surface area contributed by atoms with Crippen molar-refractivity contribution >= 4 is 26.0 Å². The van der Waals surface area contributed by atoms with Crippen LogP contribution < -0.4 is 5.73 Å². The fraction of sp³-hybridized carbons (Fsp3) is 0.600. The quantitative estimate of drug-likeness (QED) is 0.883. The number of sulfonamides is 1. The number of hydrogen-bond acceptors (Lipinski definition) is 3. The summed E-state index contributed by atoms with van der Waals surface area (Å²) in [6, 6.07) is 3.69. The monoisotopic (exact) mass is 374 g/mol. The van der Waals surface area contributed by atoms with Crippen molar-refractivity contribution in [1.82, 2.24) is 4.31 Å². The van der Waals surface area contributed by atoms with Crippen LogP contribution in [0, 0.1) is 6.92 Å². The zero-order valence-corrected chi connectivity index (χ0v) is 15.2. The molecule has 1 saturated heterocycles. The molecule has 2 N–H and O–H groups in total. The number of nitrogens with zero attached hydrogens (tertiary/aromatic N) is 1. The molecule has 0 aromatic heterocycles. The van der Waals surface area contributed by atoms with Crippen molar-refractivity contribution in [3.63, 3.8) is 0 Å². The highest BCUT2D eigenvalue weighted by Gasteiger charge is 2.36. The number of piperidine rings is 1. The van der Waals surface area contributed by atoms with E-state index in [4.69, 9.17) is 5.73 Å². The Morgan fingerprint density at radius 2 is 1.86 bits per heavy atom. The molecule has 1 aliphatic heterocycles. The Kier molecular flexibility index (Phi) is 5.13. The van der Waals surface area contributed by atoms with Gasteiger partial charge in [-0.05, 0) is 66.7 Å². The molecule has 2 rings (SSSR count). The highest BCUT2D eigenvalue weighted by Crippen LogP contribution is 2.34. The van der Waals surface area contributed by atoms with Gasteiger partial charge in [0.25, 0.3) is 0 Å². The van der Waals surface area contributed by atoms with E-state index in [1.807, 2.05) is 26.8 Å². The molecule has 1 aromatic carbocycles. The smallest absolute Gasteiger partial charge is 0.244 e. The lowest BCUT2D eigenvalue weighted by atomic mass is 10.0. The summed E-state index contributed by atoms with van der Waals surface area (Å²) in [4.78, 5) is 0.337. The molecule has 0 amide bonds. The van der Waals surface area contributed by atoms with Crippen molar-refractivity contribution in [3.8, 4) is 0 Å². The predicted molar refractivity (Wildman–Crippen MR) is 88.6 cm³/mol. The lowest BCUT2D eigenvalue weighted by Crippen LogP contribution is -2.47. The summed E-state index contributed by atoms with van der Waals surface area (Å²) in [6.07, 6.45) is 2.91. The van der Waals surface area contributed by atoms with Crippen molar-refractivity contribution in [2.45, 2.75) is 63.6 Å². The molecule has 2 unspecified atom stereocenters. The van der Waals surface area contributed by atoms with Gasteiger partial charge in [0.1, 0.15) is 0 Å². The van der Waals surface area contributed by atoms with E-state index in [0.29, 0.717) is 15.9 Å². The maximum absolute atomic E-state index is 13.1. The third-order valence-electron chi connectivity index (χ3n) is 4.18. The van der Waals surface area contributed by atoms with Crippen LogP contribution in [-0.4, -0.2) is 24.8 Å². The summed E-state index contributed by atoms with van der Waals surface area (Å²) in [5, 5.41) is 0. The molecule has 1 aromatic rings. The van der Waals surface area contributed by atoms with Gasteiger partial charge in [-0.25, -0.2) is 8.42 Å². The van der Waals surface area contributed by atoms with Gasteiger partial charge in [-0.1, -0.05) is 12.5 Å². The molecule has 6 heteroatoms. The van der Waals surface area contributed by atoms with Gasteiger partial charge in [0, 0.05) is 23.1 Å². The normalized spacial score (nSPS) is 24.2. The highest BCUT2D eigenvalue weighted by molar-refractivity contribution is 9.10. The fourth-order valence-corrected chi connectivity index (χ4v) is 6.02. The van der Waals surface area contributed by atoms with Crippen LogP contribution in [0.5, 0.6) is 0 Å². The third-order valence-corrected chi connectivity index (χ3v) is 7.65. The van der Waals surface area contributed by atoms with E-state index in [-0.39, 0.29) is 12.1 Å². The Balaban J connectivity index is 2.55. The van der Waals surface area contributed by atoms with E-state index in [1.54, 1.807) is 10.4 Å². The number of benzene rings is 1. The van der Waals surface area contributed by atoms with Crippen LogP contribution in [0.4, 0.5) is 0 Å². The van der Waals surface area contributed by atoms with Crippen LogP contribution in [0.2, 0.25) is 0 Å². The topological polar surface area (TPSA) is 63.4 Å². The van der Waals surface area contributed by atoms with E-state index in [2.05, 4.69) is 15.9 Å². The summed E-state index contributed by atoms with van der Waals surface area (Å²) in [5.74, 6) is 0. The van der Waals surface area contributed by atoms with Crippen LogP contribution >= 0.6 is 15.9 Å². The predicted octanol–water partition coefficient (Wildman–Crippen LogP) is 3.17. The van der Waals surface area contributed by atoms with Crippen molar-refractivity contribution in [1.29, 1.82) is 0 Å². The molecule has 0 saturated carbocycles. The average Bonchev–Trinajstić information content (AvgIpc) is 2.41. The molecule has 0 radical (unpaired) electrons. The zero-order valence-electron chi connectivity index (χ0n) is 12.8. The van der Waals surface area contributed by atoms with E-state index in [0.717, 1.165) is 30.4 Å². The minimum Gasteiger partial charge on any atom is -0.326 e. The van der Waals surface area contributed by atoms with E-state index in [9.17, 15) is 8.42 Å². The molecule has 1 heterocycles. The minimum atomic E-state index is -3.52. The minimum absolute atomic E-state index is 0.0347. The first kappa shape index (κ1) is 16.9. The summed E-state index contributed by atoms with van der Waals surface area (Å²) >= 11 is 3.44. The second-order valence-corrected chi connectivity index (χ2v) is 8.50. The Bertz CT molecular complexity index is 621. The van der Waals surface area contributed by atoms with Gasteiger partial charge in [-0.15, -0.1) is 0 Å². The van der Waals surface area contributed by atoms with E-state index < -0.39 is 10.0 Å². The Morgan fingerprint density at radius 1 is 1.29 bits per heavy atom. The molecule has 0 aliphatic carbocycles. The molecule has 21 heavy (non-hydrogen) atoms. The summed E-state index contributed by atoms with van der Waals surface area (Å²) < 4.78 is 28.5. The molecule has 0 spiro atoms. The Labute approximate surface area is 135 Å². The van der Waals surface area contributed by atoms with E-state index >= 15 is 0 Å². The van der Waals surface area contributed by atoms with Gasteiger partial charge in [0.2, 0.25) is 10.0 Å². The second kappa shape index (κ2) is 6.36. The fourth-order valence-electron chi connectivity index (χ4n) is 3.10. The zero-order chi connectivity index (χ0) is 15.8. The molecule has 0 bridgehead atoms. The van der Waals surface area contributed by atoms with Gasteiger partial charge in [-0.2, -0.15) is 4.31 Å². The van der Waals surface area contributed by atoms with Crippen LogP contribution in [0.15, 0.2) is 21.5 Å². The lowest BCUT2D eigenvalue weighted by molar-refractivity contribution is 0.204. The van der Waals surface area contributed by atoms with Crippen molar-refractivity contribution in [3.05, 3.63) is 27.7 Å². The van der Waals surface area contributed by atoms with Crippen molar-refractivity contribution < 1.29 is 8.42 Å². The number of hydrogen-bond donors (Lipinski definition) is 1. The Hall–Kier alpha value is -0.430. The van der Waals surface area contributed by atoms with Crippen molar-refractivity contribution in [2.24, 2.45) is 5.73 Å². The van der Waals surface area contributed by atoms with Gasteiger partial charge in [0.15, 0.2) is 0 Å². The first-order valence-electron chi connectivity index (χ1n) is 7.31. The van der Waals surface area contributed by atoms with Crippen LogP contribution in [0.25, 0.3) is 0 Å². The molecule has 118 valence electrons. The number of aryl methyl sites for hydroxylation is 1. The second-order valence-electron chi connectivity index (χ2n) is 5.89. The first-order chi connectivity index (χ1) is 9.78. The van der Waals surface area contributed by atoms with Crippen molar-refractivity contribution in [2.75, 3.05) is 0 Å². The molecular formula is C15H23BrN2O2S. The SMILES string of the molecule is Cc1cc(CN)cc(S(=O)(=O)N2C(C)CCCC2C)c1Br. The number of nitrogens with two attached hydrogens (primary N) is 1. The van der Waals surface area contributed by atoms with Crippen LogP contribution in [-0.2, 0) is 16.6 Å². The largest absolute Gasteiger partial charge is 0.326 e. The van der Waals surface area contributed by atoms with Gasteiger partial charge < -0.3 is 5.73 Å². The van der Waals surface area contributed by atoms with Gasteiger partial charge in [0.05, 0.1) is 4.90 Å². The maximum Gasteiger partial charge on any atom is 0.244 e. The third kappa shape index (κ3) is 3.18. The molecular weight excluding hydrogens is 352 g/mol. The molecule has 2 atom stereocenters. The standard InChI is InChI=1S/C15H23BrN2O2S/c1-10-7-13(9-17)8-14(15(10)16)21(19,20)18-11(2)5-4-6-12(18)3/h7-8,11-12H,4-6,9,17H2,1-3H3. The number of halogens is 1. The van der Waals surface area contributed by atoms with E-state index in [1.165, 1.54) is 0 Å².